The van der Waals surface area contributed by atoms with Crippen molar-refractivity contribution >= 4 is 62.5 Å². The number of nitrogens with one attached hydrogen (secondary N) is 1. The van der Waals surface area contributed by atoms with E-state index in [0.29, 0.717) is 22.3 Å². The van der Waals surface area contributed by atoms with Gasteiger partial charge in [0.2, 0.25) is 22.1 Å². The number of carbonyl (C=O) groups excluding carboxylic acids is 3. The molecule has 2 rings (SSSR count). The van der Waals surface area contributed by atoms with Crippen LogP contribution < -0.4 is 10.2 Å². The van der Waals surface area contributed by atoms with Crippen LogP contribution in [0.15, 0.2) is 24.3 Å². The van der Waals surface area contributed by atoms with Crippen LogP contribution in [0.5, 0.6) is 0 Å². The Hall–Kier alpha value is -2.64. The topological polar surface area (TPSA) is 127 Å². The van der Waals surface area contributed by atoms with Gasteiger partial charge in [-0.25, -0.2) is 0 Å². The van der Waals surface area contributed by atoms with Gasteiger partial charge in [-0.1, -0.05) is 47.0 Å². The Morgan fingerprint density at radius 3 is 2.14 bits per heavy atom. The van der Waals surface area contributed by atoms with Crippen LogP contribution in [0.25, 0.3) is 0 Å². The quantitative estimate of drug-likeness (QED) is 0.150. The first-order chi connectivity index (χ1) is 17.3. The van der Waals surface area contributed by atoms with Gasteiger partial charge >= 0.3 is 5.97 Å². The van der Waals surface area contributed by atoms with Crippen LogP contribution in [0.1, 0.15) is 57.5 Å². The van der Waals surface area contributed by atoms with Crippen molar-refractivity contribution in [3.8, 4) is 0 Å². The average Bonchev–Trinajstić information content (AvgIpc) is 3.41. The van der Waals surface area contributed by atoms with E-state index in [2.05, 4.69) is 38.9 Å². The number of carbonyl (C=O) groups is 3. The molecular formula is C24H34N6O4S3. The molecule has 0 saturated heterocycles. The zero-order valence-corrected chi connectivity index (χ0v) is 24.4. The number of esters is 1. The number of amides is 2. The zero-order valence-electron chi connectivity index (χ0n) is 22.0. The van der Waals surface area contributed by atoms with E-state index in [1.165, 1.54) is 27.6 Å². The second-order valence-electron chi connectivity index (χ2n) is 9.54. The minimum atomic E-state index is -0.679. The molecule has 0 aliphatic carbocycles. The Morgan fingerprint density at radius 2 is 1.54 bits per heavy atom. The van der Waals surface area contributed by atoms with Gasteiger partial charge in [-0.3, -0.25) is 19.3 Å². The lowest BCUT2D eigenvalue weighted by Gasteiger charge is -2.22. The average molecular weight is 567 g/mol. The summed E-state index contributed by atoms with van der Waals surface area (Å²) in [5.74, 6) is 0.853. The van der Waals surface area contributed by atoms with E-state index in [-0.39, 0.29) is 31.4 Å². The maximum atomic E-state index is 12.7. The molecule has 0 aliphatic rings. The number of ether oxygens (including phenoxy) is 1. The van der Waals surface area contributed by atoms with E-state index in [1.54, 1.807) is 46.4 Å². The summed E-state index contributed by atoms with van der Waals surface area (Å²) in [6.45, 7) is 16.1. The SMILES string of the molecule is C=C(C)CC(=O)Nc1nnc(CCSCCc2nnc(N(COC(=O)C(C)(C)C)C(=O)CC(=C)C)s2)s1. The third-order valence-electron chi connectivity index (χ3n) is 4.47. The van der Waals surface area contributed by atoms with Gasteiger partial charge in [0.05, 0.1) is 5.41 Å². The third kappa shape index (κ3) is 11.1. The predicted molar refractivity (Wildman–Crippen MR) is 150 cm³/mol. The molecule has 2 aromatic heterocycles. The number of thioether (sulfide) groups is 1. The molecule has 2 heterocycles. The molecule has 13 heteroatoms. The second-order valence-corrected chi connectivity index (χ2v) is 12.9. The first-order valence-electron chi connectivity index (χ1n) is 11.6. The van der Waals surface area contributed by atoms with E-state index in [9.17, 15) is 14.4 Å². The van der Waals surface area contributed by atoms with Gasteiger partial charge in [0.15, 0.2) is 6.73 Å². The summed E-state index contributed by atoms with van der Waals surface area (Å²) >= 11 is 4.41. The van der Waals surface area contributed by atoms with E-state index in [1.807, 2.05) is 0 Å². The predicted octanol–water partition coefficient (Wildman–Crippen LogP) is 4.66. The number of hydrogen-bond donors (Lipinski definition) is 1. The maximum Gasteiger partial charge on any atom is 0.312 e. The summed E-state index contributed by atoms with van der Waals surface area (Å²) < 4.78 is 5.36. The molecule has 2 amide bonds. The highest BCUT2D eigenvalue weighted by Crippen LogP contribution is 2.24. The molecule has 0 aliphatic heterocycles. The number of hydrogen-bond acceptors (Lipinski definition) is 11. The summed E-state index contributed by atoms with van der Waals surface area (Å²) in [7, 11) is 0. The highest BCUT2D eigenvalue weighted by Gasteiger charge is 2.27. The number of aromatic nitrogens is 4. The number of aryl methyl sites for hydroxylation is 2. The lowest BCUT2D eigenvalue weighted by atomic mass is 9.98. The van der Waals surface area contributed by atoms with Gasteiger partial charge in [0.25, 0.3) is 0 Å². The molecule has 0 fully saturated rings. The van der Waals surface area contributed by atoms with Crippen molar-refractivity contribution in [1.82, 2.24) is 20.4 Å². The number of anilines is 2. The van der Waals surface area contributed by atoms with Crippen molar-refractivity contribution in [2.75, 3.05) is 28.5 Å². The van der Waals surface area contributed by atoms with Gasteiger partial charge in [-0.2, -0.15) is 11.8 Å². The van der Waals surface area contributed by atoms with Crippen LogP contribution in [0.3, 0.4) is 0 Å². The highest BCUT2D eigenvalue weighted by molar-refractivity contribution is 7.99. The lowest BCUT2D eigenvalue weighted by molar-refractivity contribution is -0.153. The largest absolute Gasteiger partial charge is 0.443 e. The molecule has 1 N–H and O–H groups in total. The summed E-state index contributed by atoms with van der Waals surface area (Å²) in [6.07, 6.45) is 1.82. The van der Waals surface area contributed by atoms with Crippen LogP contribution in [-0.4, -0.2) is 56.4 Å². The van der Waals surface area contributed by atoms with Crippen molar-refractivity contribution in [3.05, 3.63) is 34.3 Å². The second kappa shape index (κ2) is 14.3. The van der Waals surface area contributed by atoms with Crippen LogP contribution in [0.4, 0.5) is 10.3 Å². The molecule has 202 valence electrons. The van der Waals surface area contributed by atoms with Gasteiger partial charge in [-0.15, -0.1) is 20.4 Å². The molecule has 37 heavy (non-hydrogen) atoms. The molecule has 0 saturated carbocycles. The monoisotopic (exact) mass is 566 g/mol. The molecule has 0 bridgehead atoms. The third-order valence-corrected chi connectivity index (χ3v) is 7.36. The Kier molecular flexibility index (Phi) is 11.9. The van der Waals surface area contributed by atoms with Crippen LogP contribution in [0, 0.1) is 5.41 Å². The smallest absolute Gasteiger partial charge is 0.312 e. The fourth-order valence-corrected chi connectivity index (χ4v) is 5.38. The lowest BCUT2D eigenvalue weighted by Crippen LogP contribution is -2.36. The van der Waals surface area contributed by atoms with E-state index < -0.39 is 11.4 Å². The van der Waals surface area contributed by atoms with E-state index in [4.69, 9.17) is 4.74 Å². The summed E-state index contributed by atoms with van der Waals surface area (Å²) in [5.41, 5.74) is 0.813. The summed E-state index contributed by atoms with van der Waals surface area (Å²) in [6, 6.07) is 0. The first-order valence-corrected chi connectivity index (χ1v) is 14.4. The normalized spacial score (nSPS) is 11.2. The Morgan fingerprint density at radius 1 is 0.946 bits per heavy atom. The molecule has 0 aromatic carbocycles. The van der Waals surface area contributed by atoms with Crippen molar-refractivity contribution in [2.24, 2.45) is 5.41 Å². The molecule has 0 unspecified atom stereocenters. The first kappa shape index (κ1) is 30.6. The molecular weight excluding hydrogens is 533 g/mol. The Labute approximate surface area is 230 Å². The molecule has 10 nitrogen and oxygen atoms in total. The van der Waals surface area contributed by atoms with Crippen LogP contribution in [0.2, 0.25) is 0 Å². The molecule has 2 aromatic rings. The fourth-order valence-electron chi connectivity index (χ4n) is 2.65. The van der Waals surface area contributed by atoms with Gasteiger partial charge < -0.3 is 10.1 Å². The van der Waals surface area contributed by atoms with Gasteiger partial charge in [0, 0.05) is 25.7 Å². The minimum absolute atomic E-state index is 0.128. The Balaban J connectivity index is 1.84. The zero-order chi connectivity index (χ0) is 27.6. The van der Waals surface area contributed by atoms with Crippen LogP contribution >= 0.6 is 34.4 Å². The Bertz CT molecular complexity index is 1120. The standard InChI is InChI=1S/C24H34N6O4S3/c1-15(2)12-17(31)25-22-28-26-18(36-22)8-10-35-11-9-19-27-29-23(37-19)30(20(32)13-16(3)4)14-34-21(33)24(5,6)7/h1,3,8-14H2,2,4-7H3,(H,25,28,31). The maximum absolute atomic E-state index is 12.7. The highest BCUT2D eigenvalue weighted by atomic mass is 32.2. The summed E-state index contributed by atoms with van der Waals surface area (Å²) in [4.78, 5) is 38.1. The van der Waals surface area contributed by atoms with Crippen LogP contribution in [-0.2, 0) is 32.0 Å². The van der Waals surface area contributed by atoms with E-state index in [0.717, 1.165) is 33.5 Å². The number of nitrogens with zero attached hydrogens (tertiary/aromatic N) is 5. The molecule has 0 atom stereocenters. The van der Waals surface area contributed by atoms with Crippen molar-refractivity contribution in [3.63, 3.8) is 0 Å². The van der Waals surface area contributed by atoms with E-state index >= 15 is 0 Å². The minimum Gasteiger partial charge on any atom is -0.443 e. The van der Waals surface area contributed by atoms with Crippen molar-refractivity contribution in [2.45, 2.75) is 60.3 Å². The molecule has 0 spiro atoms. The van der Waals surface area contributed by atoms with Crippen molar-refractivity contribution in [1.29, 1.82) is 0 Å². The summed E-state index contributed by atoms with van der Waals surface area (Å²) in [5, 5.41) is 21.8. The van der Waals surface area contributed by atoms with Crippen molar-refractivity contribution < 1.29 is 19.1 Å². The molecule has 0 radical (unpaired) electrons. The van der Waals surface area contributed by atoms with Gasteiger partial charge in [-0.05, 0) is 46.1 Å². The number of rotatable bonds is 14. The fraction of sp³-hybridized carbons (Fsp3) is 0.542. The van der Waals surface area contributed by atoms with Gasteiger partial charge in [0.1, 0.15) is 10.0 Å².